The summed E-state index contributed by atoms with van der Waals surface area (Å²) in [7, 11) is 0. The molecule has 12 heavy (non-hydrogen) atoms. The van der Waals surface area contributed by atoms with Crippen molar-refractivity contribution >= 4 is 27.1 Å². The maximum absolute atomic E-state index is 12.8. The molecular formula is C9H8FNS. The molecule has 0 radical (unpaired) electrons. The van der Waals surface area contributed by atoms with Crippen molar-refractivity contribution in [3.8, 4) is 0 Å². The van der Waals surface area contributed by atoms with Crippen molar-refractivity contribution in [1.29, 1.82) is 0 Å². The average Bonchev–Trinajstić information content (AvgIpc) is 2.41. The van der Waals surface area contributed by atoms with Crippen molar-refractivity contribution in [1.82, 2.24) is 0 Å². The van der Waals surface area contributed by atoms with Gasteiger partial charge in [-0.3, -0.25) is 0 Å². The molecule has 1 nitrogen and oxygen atoms in total. The second-order valence-corrected chi connectivity index (χ2v) is 3.77. The molecule has 0 amide bonds. The van der Waals surface area contributed by atoms with Crippen LogP contribution in [0, 0.1) is 12.1 Å². The van der Waals surface area contributed by atoms with E-state index in [0.29, 0.717) is 5.69 Å². The molecule has 0 aliphatic rings. The molecule has 1 aromatic carbocycles. The van der Waals surface area contributed by atoms with Crippen molar-refractivity contribution in [2.75, 3.05) is 5.73 Å². The molecule has 0 bridgehead atoms. The van der Waals surface area contributed by atoms with E-state index >= 15 is 0 Å². The van der Waals surface area contributed by atoms with Crippen molar-refractivity contribution in [3.63, 3.8) is 0 Å². The maximum Gasteiger partial charge on any atom is 0.177 e. The van der Waals surface area contributed by atoms with Crippen LogP contribution in [0.3, 0.4) is 0 Å². The largest absolute Gasteiger partial charge is 0.398 e. The zero-order chi connectivity index (χ0) is 8.72. The van der Waals surface area contributed by atoms with Gasteiger partial charge < -0.3 is 5.73 Å². The third-order valence-corrected chi connectivity index (χ3v) is 2.87. The molecule has 0 unspecified atom stereocenters. The molecule has 1 aromatic heterocycles. The molecule has 2 N–H and O–H groups in total. The zero-order valence-corrected chi connectivity index (χ0v) is 7.41. The summed E-state index contributed by atoms with van der Waals surface area (Å²) >= 11 is 1.10. The van der Waals surface area contributed by atoms with Gasteiger partial charge in [0.1, 0.15) is 0 Å². The van der Waals surface area contributed by atoms with Gasteiger partial charge in [0.15, 0.2) is 5.13 Å². The summed E-state index contributed by atoms with van der Waals surface area (Å²) in [6.07, 6.45) is 0. The second-order valence-electron chi connectivity index (χ2n) is 2.76. The summed E-state index contributed by atoms with van der Waals surface area (Å²) in [4.78, 5) is 0. The molecule has 62 valence electrons. The number of nitrogens with two attached hydrogens (primary N) is 1. The smallest absolute Gasteiger partial charge is 0.177 e. The standard InChI is InChI=1S/C9H8FNS/c1-5-2-3-7(11)9-6(5)4-8(10)12-9/h2-4H,11H2,1H3. The van der Waals surface area contributed by atoms with E-state index in [1.165, 1.54) is 6.07 Å². The maximum atomic E-state index is 12.8. The highest BCUT2D eigenvalue weighted by atomic mass is 32.1. The number of thiophene rings is 1. The van der Waals surface area contributed by atoms with Crippen molar-refractivity contribution in [2.45, 2.75) is 6.92 Å². The first-order chi connectivity index (χ1) is 5.68. The lowest BCUT2D eigenvalue weighted by atomic mass is 10.1. The number of nitrogen functional groups attached to an aromatic ring is 1. The number of hydrogen-bond acceptors (Lipinski definition) is 2. The molecule has 0 saturated heterocycles. The first-order valence-electron chi connectivity index (χ1n) is 3.62. The summed E-state index contributed by atoms with van der Waals surface area (Å²) in [5.41, 5.74) is 7.41. The fourth-order valence-electron chi connectivity index (χ4n) is 1.25. The molecular weight excluding hydrogens is 173 g/mol. The van der Waals surface area contributed by atoms with Gasteiger partial charge in [0.25, 0.3) is 0 Å². The molecule has 0 fully saturated rings. The van der Waals surface area contributed by atoms with Crippen molar-refractivity contribution in [3.05, 3.63) is 28.9 Å². The highest BCUT2D eigenvalue weighted by Gasteiger charge is 2.05. The van der Waals surface area contributed by atoms with E-state index in [1.54, 1.807) is 0 Å². The summed E-state index contributed by atoms with van der Waals surface area (Å²) < 4.78 is 13.7. The molecule has 2 rings (SSSR count). The normalized spacial score (nSPS) is 10.8. The summed E-state index contributed by atoms with van der Waals surface area (Å²) in [6, 6.07) is 5.25. The van der Waals surface area contributed by atoms with Crippen molar-refractivity contribution < 1.29 is 4.39 Å². The van der Waals surface area contributed by atoms with Crippen molar-refractivity contribution in [2.24, 2.45) is 0 Å². The Kier molecular flexibility index (Phi) is 1.54. The van der Waals surface area contributed by atoms with Crippen LogP contribution in [0.5, 0.6) is 0 Å². The number of benzene rings is 1. The van der Waals surface area contributed by atoms with E-state index in [1.807, 2.05) is 19.1 Å². The lowest BCUT2D eigenvalue weighted by Gasteiger charge is -1.97. The Balaban J connectivity index is 2.93. The first kappa shape index (κ1) is 7.55. The molecule has 0 saturated carbocycles. The Morgan fingerprint density at radius 2 is 2.17 bits per heavy atom. The molecule has 3 heteroatoms. The van der Waals surface area contributed by atoms with Gasteiger partial charge in [-0.1, -0.05) is 6.07 Å². The van der Waals surface area contributed by atoms with Gasteiger partial charge in [-0.05, 0) is 24.6 Å². The molecule has 0 aliphatic heterocycles. The number of rotatable bonds is 0. The number of aryl methyl sites for hydroxylation is 1. The number of halogens is 1. The third-order valence-electron chi connectivity index (χ3n) is 1.90. The second kappa shape index (κ2) is 2.45. The lowest BCUT2D eigenvalue weighted by Crippen LogP contribution is -1.84. The minimum Gasteiger partial charge on any atom is -0.398 e. The Labute approximate surface area is 73.6 Å². The van der Waals surface area contributed by atoms with Gasteiger partial charge in [0.2, 0.25) is 0 Å². The summed E-state index contributed by atoms with van der Waals surface area (Å²) in [5, 5.41) is 0.753. The Morgan fingerprint density at radius 1 is 1.42 bits per heavy atom. The van der Waals surface area contributed by atoms with Crippen LogP contribution in [0.25, 0.3) is 10.1 Å². The lowest BCUT2D eigenvalue weighted by molar-refractivity contribution is 0.658. The van der Waals surface area contributed by atoms with Gasteiger partial charge in [0.05, 0.1) is 4.70 Å². The molecule has 2 aromatic rings. The minimum atomic E-state index is -0.175. The quantitative estimate of drug-likeness (QED) is 0.621. The van der Waals surface area contributed by atoms with Gasteiger partial charge in [0, 0.05) is 11.1 Å². The molecule has 0 atom stereocenters. The van der Waals surface area contributed by atoms with Crippen LogP contribution in [0.15, 0.2) is 18.2 Å². The van der Waals surface area contributed by atoms with Crippen LogP contribution in [-0.4, -0.2) is 0 Å². The zero-order valence-electron chi connectivity index (χ0n) is 6.60. The topological polar surface area (TPSA) is 26.0 Å². The Morgan fingerprint density at radius 3 is 2.83 bits per heavy atom. The van der Waals surface area contributed by atoms with E-state index in [0.717, 1.165) is 27.0 Å². The van der Waals surface area contributed by atoms with Crippen LogP contribution in [0.2, 0.25) is 0 Å². The molecule has 1 heterocycles. The van der Waals surface area contributed by atoms with Gasteiger partial charge >= 0.3 is 0 Å². The Hall–Kier alpha value is -1.09. The van der Waals surface area contributed by atoms with Gasteiger partial charge in [-0.15, -0.1) is 11.3 Å². The number of hydrogen-bond donors (Lipinski definition) is 1. The third kappa shape index (κ3) is 0.975. The van der Waals surface area contributed by atoms with Crippen LogP contribution in [0.1, 0.15) is 5.56 Å². The predicted molar refractivity (Wildman–Crippen MR) is 50.9 cm³/mol. The first-order valence-corrected chi connectivity index (χ1v) is 4.44. The number of anilines is 1. The van der Waals surface area contributed by atoms with E-state index < -0.39 is 0 Å². The Bertz CT molecular complexity index is 394. The molecule has 0 spiro atoms. The SMILES string of the molecule is Cc1ccc(N)c2sc(F)cc12. The van der Waals surface area contributed by atoms with E-state index in [2.05, 4.69) is 0 Å². The highest BCUT2D eigenvalue weighted by molar-refractivity contribution is 7.18. The monoisotopic (exact) mass is 181 g/mol. The molecule has 0 aliphatic carbocycles. The van der Waals surface area contributed by atoms with E-state index in [9.17, 15) is 4.39 Å². The van der Waals surface area contributed by atoms with E-state index in [4.69, 9.17) is 5.73 Å². The summed E-state index contributed by atoms with van der Waals surface area (Å²) in [6.45, 7) is 1.95. The minimum absolute atomic E-state index is 0.175. The highest BCUT2D eigenvalue weighted by Crippen LogP contribution is 2.31. The fourth-order valence-corrected chi connectivity index (χ4v) is 2.14. The fraction of sp³-hybridized carbons (Fsp3) is 0.111. The summed E-state index contributed by atoms with van der Waals surface area (Å²) in [5.74, 6) is 0. The van der Waals surface area contributed by atoms with Crippen LogP contribution in [-0.2, 0) is 0 Å². The van der Waals surface area contributed by atoms with Crippen LogP contribution in [0.4, 0.5) is 10.1 Å². The van der Waals surface area contributed by atoms with Crippen LogP contribution < -0.4 is 5.73 Å². The van der Waals surface area contributed by atoms with Gasteiger partial charge in [-0.25, -0.2) is 0 Å². The van der Waals surface area contributed by atoms with Gasteiger partial charge in [-0.2, -0.15) is 4.39 Å². The average molecular weight is 181 g/mol. The predicted octanol–water partition coefficient (Wildman–Crippen LogP) is 2.93. The number of fused-ring (bicyclic) bond motifs is 1. The van der Waals surface area contributed by atoms with Crippen LogP contribution >= 0.6 is 11.3 Å². The van der Waals surface area contributed by atoms with E-state index in [-0.39, 0.29) is 5.13 Å².